The molecule has 2 N–H and O–H groups in total. The first-order valence-corrected chi connectivity index (χ1v) is 5.47. The molecule has 0 aliphatic carbocycles. The molecule has 0 aliphatic heterocycles. The molecule has 1 rings (SSSR count). The van der Waals surface area contributed by atoms with Crippen molar-refractivity contribution < 1.29 is 9.90 Å². The van der Waals surface area contributed by atoms with Gasteiger partial charge in [0, 0.05) is 24.4 Å². The van der Waals surface area contributed by atoms with Gasteiger partial charge in [-0.1, -0.05) is 0 Å². The van der Waals surface area contributed by atoms with Crippen LogP contribution in [0.1, 0.15) is 21.0 Å². The Morgan fingerprint density at radius 2 is 2.29 bits per heavy atom. The molecule has 0 saturated heterocycles. The van der Waals surface area contributed by atoms with Gasteiger partial charge in [-0.05, 0) is 19.1 Å². The van der Waals surface area contributed by atoms with Crippen LogP contribution in [-0.2, 0) is 0 Å². The van der Waals surface area contributed by atoms with Crippen molar-refractivity contribution in [1.29, 1.82) is 0 Å². The van der Waals surface area contributed by atoms with Crippen LogP contribution in [0.2, 0.25) is 0 Å². The zero-order chi connectivity index (χ0) is 10.4. The summed E-state index contributed by atoms with van der Waals surface area (Å²) in [5.41, 5.74) is 0. The van der Waals surface area contributed by atoms with Crippen molar-refractivity contribution in [1.82, 2.24) is 5.32 Å². The second kappa shape index (κ2) is 5.90. The summed E-state index contributed by atoms with van der Waals surface area (Å²) in [6, 6.07) is 3.83. The Balaban J connectivity index is 2.29. The molecule has 4 heteroatoms. The Hall–Kier alpha value is -0.710. The van der Waals surface area contributed by atoms with Gasteiger partial charge in [-0.25, -0.2) is 0 Å². The highest BCUT2D eigenvalue weighted by Crippen LogP contribution is 2.16. The van der Waals surface area contributed by atoms with Gasteiger partial charge in [-0.3, -0.25) is 4.79 Å². The third kappa shape index (κ3) is 3.57. The molecule has 3 nitrogen and oxygen atoms in total. The summed E-state index contributed by atoms with van der Waals surface area (Å²) in [7, 11) is 0. The van der Waals surface area contributed by atoms with Crippen LogP contribution in [0.3, 0.4) is 0 Å². The van der Waals surface area contributed by atoms with Gasteiger partial charge in [-0.2, -0.15) is 0 Å². The molecular weight excluding hydrogens is 198 g/mol. The van der Waals surface area contributed by atoms with Gasteiger partial charge in [0.25, 0.3) is 0 Å². The molecule has 0 amide bonds. The van der Waals surface area contributed by atoms with Crippen molar-refractivity contribution in [3.8, 4) is 0 Å². The molecule has 0 aromatic carbocycles. The van der Waals surface area contributed by atoms with Crippen LogP contribution in [-0.4, -0.2) is 30.6 Å². The predicted molar refractivity (Wildman–Crippen MR) is 58.0 cm³/mol. The summed E-state index contributed by atoms with van der Waals surface area (Å²) in [4.78, 5) is 13.5. The first-order valence-electron chi connectivity index (χ1n) is 4.65. The van der Waals surface area contributed by atoms with E-state index in [0.29, 0.717) is 19.5 Å². The summed E-state index contributed by atoms with van der Waals surface area (Å²) in [5.74, 6) is 0.175. The van der Waals surface area contributed by atoms with E-state index in [1.807, 2.05) is 19.1 Å². The number of thiophene rings is 1. The van der Waals surface area contributed by atoms with Crippen molar-refractivity contribution in [3.05, 3.63) is 21.9 Å². The van der Waals surface area contributed by atoms with Crippen LogP contribution in [0.4, 0.5) is 0 Å². The Kier molecular flexibility index (Phi) is 4.79. The molecule has 78 valence electrons. The number of aryl methyl sites for hydroxylation is 1. The highest BCUT2D eigenvalue weighted by molar-refractivity contribution is 7.14. The number of rotatable bonds is 6. The van der Waals surface area contributed by atoms with Crippen LogP contribution in [0.25, 0.3) is 0 Å². The Labute approximate surface area is 87.8 Å². The van der Waals surface area contributed by atoms with Gasteiger partial charge in [0.15, 0.2) is 5.78 Å². The van der Waals surface area contributed by atoms with E-state index in [9.17, 15) is 4.79 Å². The smallest absolute Gasteiger partial charge is 0.174 e. The lowest BCUT2D eigenvalue weighted by atomic mass is 10.2. The minimum atomic E-state index is 0.117. The lowest BCUT2D eigenvalue weighted by Crippen LogP contribution is -2.21. The standard InChI is InChI=1S/C10H15NO2S/c1-8-2-3-10(14-8)9(13)4-5-11-6-7-12/h2-3,11-12H,4-7H2,1H3. The van der Waals surface area contributed by atoms with E-state index in [-0.39, 0.29) is 12.4 Å². The molecular formula is C10H15NO2S. The van der Waals surface area contributed by atoms with E-state index < -0.39 is 0 Å². The molecule has 0 radical (unpaired) electrons. The summed E-state index contributed by atoms with van der Waals surface area (Å²) in [6.45, 7) is 3.30. The average molecular weight is 213 g/mol. The maximum Gasteiger partial charge on any atom is 0.174 e. The van der Waals surface area contributed by atoms with Crippen molar-refractivity contribution in [2.24, 2.45) is 0 Å². The SMILES string of the molecule is Cc1ccc(C(=O)CCNCCO)s1. The molecule has 0 bridgehead atoms. The summed E-state index contributed by atoms with van der Waals surface area (Å²) in [5, 5.41) is 11.5. The summed E-state index contributed by atoms with van der Waals surface area (Å²) in [6.07, 6.45) is 0.500. The van der Waals surface area contributed by atoms with Crippen molar-refractivity contribution in [2.45, 2.75) is 13.3 Å². The van der Waals surface area contributed by atoms with Gasteiger partial charge in [0.2, 0.25) is 0 Å². The van der Waals surface area contributed by atoms with Crippen LogP contribution >= 0.6 is 11.3 Å². The quantitative estimate of drug-likeness (QED) is 0.551. The van der Waals surface area contributed by atoms with Crippen LogP contribution in [0.5, 0.6) is 0 Å². The number of aliphatic hydroxyl groups excluding tert-OH is 1. The fourth-order valence-electron chi connectivity index (χ4n) is 1.11. The molecule has 0 fully saturated rings. The molecule has 0 spiro atoms. The van der Waals surface area contributed by atoms with E-state index in [1.54, 1.807) is 0 Å². The molecule has 14 heavy (non-hydrogen) atoms. The zero-order valence-corrected chi connectivity index (χ0v) is 9.06. The molecule has 1 heterocycles. The lowest BCUT2D eigenvalue weighted by molar-refractivity contribution is 0.0986. The van der Waals surface area contributed by atoms with Crippen LogP contribution in [0.15, 0.2) is 12.1 Å². The number of ketones is 1. The molecule has 1 aromatic heterocycles. The number of carbonyl (C=O) groups excluding carboxylic acids is 1. The number of hydrogen-bond acceptors (Lipinski definition) is 4. The van der Waals surface area contributed by atoms with E-state index in [2.05, 4.69) is 5.32 Å². The third-order valence-corrected chi connectivity index (χ3v) is 2.87. The van der Waals surface area contributed by atoms with Gasteiger partial charge in [-0.15, -0.1) is 11.3 Å². The van der Waals surface area contributed by atoms with E-state index in [4.69, 9.17) is 5.11 Å². The third-order valence-electron chi connectivity index (χ3n) is 1.83. The highest BCUT2D eigenvalue weighted by atomic mass is 32.1. The first-order chi connectivity index (χ1) is 6.74. The average Bonchev–Trinajstić information content (AvgIpc) is 2.59. The Morgan fingerprint density at radius 1 is 1.50 bits per heavy atom. The van der Waals surface area contributed by atoms with E-state index in [0.717, 1.165) is 9.75 Å². The second-order valence-corrected chi connectivity index (χ2v) is 4.34. The summed E-state index contributed by atoms with van der Waals surface area (Å²) < 4.78 is 0. The van der Waals surface area contributed by atoms with Crippen molar-refractivity contribution in [3.63, 3.8) is 0 Å². The maximum absolute atomic E-state index is 11.5. The fourth-order valence-corrected chi connectivity index (χ4v) is 1.95. The molecule has 0 atom stereocenters. The topological polar surface area (TPSA) is 49.3 Å². The monoisotopic (exact) mass is 213 g/mol. The molecule has 1 aromatic rings. The van der Waals surface area contributed by atoms with Gasteiger partial charge in [0.05, 0.1) is 11.5 Å². The highest BCUT2D eigenvalue weighted by Gasteiger charge is 2.06. The van der Waals surface area contributed by atoms with Gasteiger partial charge in [0.1, 0.15) is 0 Å². The molecule has 0 aliphatic rings. The Bertz CT molecular complexity index is 296. The zero-order valence-electron chi connectivity index (χ0n) is 8.25. The maximum atomic E-state index is 11.5. The fraction of sp³-hybridized carbons (Fsp3) is 0.500. The number of Topliss-reactive ketones (excluding diaryl/α,β-unsaturated/α-hetero) is 1. The second-order valence-electron chi connectivity index (χ2n) is 3.06. The van der Waals surface area contributed by atoms with Crippen LogP contribution < -0.4 is 5.32 Å². The normalized spacial score (nSPS) is 10.4. The molecule has 0 unspecified atom stereocenters. The molecule has 0 saturated carbocycles. The van der Waals surface area contributed by atoms with Crippen LogP contribution in [0, 0.1) is 6.92 Å². The number of nitrogens with one attached hydrogen (secondary N) is 1. The van der Waals surface area contributed by atoms with Gasteiger partial charge >= 0.3 is 0 Å². The number of carbonyl (C=O) groups is 1. The minimum absolute atomic E-state index is 0.117. The summed E-state index contributed by atoms with van der Waals surface area (Å²) >= 11 is 1.53. The largest absolute Gasteiger partial charge is 0.395 e. The number of aliphatic hydroxyl groups is 1. The van der Waals surface area contributed by atoms with Crippen molar-refractivity contribution in [2.75, 3.05) is 19.7 Å². The van der Waals surface area contributed by atoms with E-state index in [1.165, 1.54) is 11.3 Å². The lowest BCUT2D eigenvalue weighted by Gasteiger charge is -2.00. The minimum Gasteiger partial charge on any atom is -0.395 e. The van der Waals surface area contributed by atoms with Gasteiger partial charge < -0.3 is 10.4 Å². The first kappa shape index (κ1) is 11.4. The predicted octanol–water partition coefficient (Wildman–Crippen LogP) is 1.21. The number of hydrogen-bond donors (Lipinski definition) is 2. The van der Waals surface area contributed by atoms with E-state index >= 15 is 0 Å². The Morgan fingerprint density at radius 3 is 2.86 bits per heavy atom. The van der Waals surface area contributed by atoms with Crippen molar-refractivity contribution >= 4 is 17.1 Å².